The van der Waals surface area contributed by atoms with Crippen LogP contribution in [0.5, 0.6) is 5.75 Å². The average molecular weight is 396 g/mol. The number of nitrogens with zero attached hydrogens (tertiary/aromatic N) is 3. The number of benzene rings is 2. The highest BCUT2D eigenvalue weighted by Crippen LogP contribution is 2.22. The zero-order valence-corrected chi connectivity index (χ0v) is 17.1. The van der Waals surface area contributed by atoms with Crippen molar-refractivity contribution in [2.75, 3.05) is 27.2 Å². The first-order valence-electron chi connectivity index (χ1n) is 9.14. The molecule has 0 aliphatic rings. The van der Waals surface area contributed by atoms with E-state index in [1.165, 1.54) is 0 Å². The van der Waals surface area contributed by atoms with Gasteiger partial charge in [0.2, 0.25) is 5.91 Å². The van der Waals surface area contributed by atoms with Crippen molar-refractivity contribution in [3.8, 4) is 5.75 Å². The van der Waals surface area contributed by atoms with Crippen LogP contribution in [0.25, 0.3) is 10.2 Å². The Morgan fingerprint density at radius 2 is 1.89 bits per heavy atom. The number of para-hydroxylation sites is 1. The summed E-state index contributed by atoms with van der Waals surface area (Å²) in [5.74, 6) is 0.894. The highest BCUT2D eigenvalue weighted by atomic mass is 32.1. The summed E-state index contributed by atoms with van der Waals surface area (Å²) in [5.41, 5.74) is 2.12. The Morgan fingerprint density at radius 1 is 1.14 bits per heavy atom. The molecule has 3 aromatic rings. The third-order valence-corrected chi connectivity index (χ3v) is 5.31. The van der Waals surface area contributed by atoms with Gasteiger partial charge in [0.1, 0.15) is 17.4 Å². The second-order valence-electron chi connectivity index (χ2n) is 6.74. The lowest BCUT2D eigenvalue weighted by atomic mass is 10.2. The Kier molecular flexibility index (Phi) is 6.79. The van der Waals surface area contributed by atoms with Crippen LogP contribution in [-0.2, 0) is 17.9 Å². The lowest BCUT2D eigenvalue weighted by Gasteiger charge is -2.21. The van der Waals surface area contributed by atoms with Crippen molar-refractivity contribution in [3.63, 3.8) is 0 Å². The molecular formula is C22H25N3O2S. The SMILES string of the molecule is C=CCOc1ccc(CN(C)CC(=O)N(C)Cc2nc3ccccc3s2)cc1. The number of ether oxygens (including phenoxy) is 1. The Bertz CT molecular complexity index is 903. The van der Waals surface area contributed by atoms with Crippen LogP contribution < -0.4 is 4.74 Å². The predicted octanol–water partition coefficient (Wildman–Crippen LogP) is 3.95. The number of amides is 1. The van der Waals surface area contributed by atoms with Gasteiger partial charge < -0.3 is 9.64 Å². The molecule has 1 amide bonds. The number of thiazole rings is 1. The van der Waals surface area contributed by atoms with Crippen LogP contribution in [-0.4, -0.2) is 47.9 Å². The summed E-state index contributed by atoms with van der Waals surface area (Å²) in [6.45, 7) is 5.72. The summed E-state index contributed by atoms with van der Waals surface area (Å²) in [6.07, 6.45) is 1.72. The molecule has 1 aromatic heterocycles. The molecule has 1 heterocycles. The number of likely N-dealkylation sites (N-methyl/N-ethyl adjacent to an activating group) is 2. The van der Waals surface area contributed by atoms with Gasteiger partial charge in [-0.3, -0.25) is 9.69 Å². The van der Waals surface area contributed by atoms with Crippen molar-refractivity contribution in [2.45, 2.75) is 13.1 Å². The lowest BCUT2D eigenvalue weighted by molar-refractivity contribution is -0.131. The van der Waals surface area contributed by atoms with E-state index in [4.69, 9.17) is 4.74 Å². The zero-order chi connectivity index (χ0) is 19.9. The molecule has 146 valence electrons. The molecule has 0 saturated carbocycles. The monoisotopic (exact) mass is 395 g/mol. The van der Waals surface area contributed by atoms with Gasteiger partial charge in [-0.1, -0.05) is 36.9 Å². The number of rotatable bonds is 9. The highest BCUT2D eigenvalue weighted by molar-refractivity contribution is 7.18. The summed E-state index contributed by atoms with van der Waals surface area (Å²) in [6, 6.07) is 16.0. The number of aromatic nitrogens is 1. The van der Waals surface area contributed by atoms with Crippen molar-refractivity contribution >= 4 is 27.5 Å². The van der Waals surface area contributed by atoms with E-state index in [-0.39, 0.29) is 5.91 Å². The summed E-state index contributed by atoms with van der Waals surface area (Å²) in [5, 5.41) is 0.954. The number of hydrogen-bond donors (Lipinski definition) is 0. The fraction of sp³-hybridized carbons (Fsp3) is 0.273. The topological polar surface area (TPSA) is 45.7 Å². The van der Waals surface area contributed by atoms with Crippen LogP contribution >= 0.6 is 11.3 Å². The molecule has 0 fully saturated rings. The first kappa shape index (κ1) is 20.0. The number of hydrogen-bond acceptors (Lipinski definition) is 5. The predicted molar refractivity (Wildman–Crippen MR) is 115 cm³/mol. The first-order chi connectivity index (χ1) is 13.5. The smallest absolute Gasteiger partial charge is 0.236 e. The minimum atomic E-state index is 0.0766. The molecule has 0 N–H and O–H groups in total. The second-order valence-corrected chi connectivity index (χ2v) is 7.86. The molecule has 28 heavy (non-hydrogen) atoms. The summed E-state index contributed by atoms with van der Waals surface area (Å²) < 4.78 is 6.64. The highest BCUT2D eigenvalue weighted by Gasteiger charge is 2.14. The van der Waals surface area contributed by atoms with Gasteiger partial charge in [0.25, 0.3) is 0 Å². The van der Waals surface area contributed by atoms with Crippen molar-refractivity contribution in [1.82, 2.24) is 14.8 Å². The normalized spacial score (nSPS) is 11.0. The van der Waals surface area contributed by atoms with Crippen molar-refractivity contribution in [3.05, 3.63) is 71.8 Å². The largest absolute Gasteiger partial charge is 0.490 e. The van der Waals surface area contributed by atoms with Gasteiger partial charge in [-0.05, 0) is 36.9 Å². The molecule has 0 bridgehead atoms. The van der Waals surface area contributed by atoms with E-state index in [0.717, 1.165) is 26.5 Å². The minimum absolute atomic E-state index is 0.0766. The van der Waals surface area contributed by atoms with Crippen LogP contribution in [0.15, 0.2) is 61.2 Å². The van der Waals surface area contributed by atoms with Gasteiger partial charge in [-0.15, -0.1) is 11.3 Å². The molecule has 0 radical (unpaired) electrons. The molecule has 0 spiro atoms. The average Bonchev–Trinajstić information content (AvgIpc) is 3.09. The molecule has 0 saturated heterocycles. The van der Waals surface area contributed by atoms with E-state index in [1.54, 1.807) is 22.3 Å². The second kappa shape index (κ2) is 9.48. The quantitative estimate of drug-likeness (QED) is 0.515. The molecule has 2 aromatic carbocycles. The Hall–Kier alpha value is -2.70. The molecule has 3 rings (SSSR count). The Morgan fingerprint density at radius 3 is 2.61 bits per heavy atom. The summed E-state index contributed by atoms with van der Waals surface area (Å²) in [7, 11) is 3.78. The van der Waals surface area contributed by atoms with Crippen molar-refractivity contribution in [2.24, 2.45) is 0 Å². The van der Waals surface area contributed by atoms with Crippen molar-refractivity contribution < 1.29 is 9.53 Å². The van der Waals surface area contributed by atoms with Gasteiger partial charge in [0, 0.05) is 13.6 Å². The Balaban J connectivity index is 1.50. The van der Waals surface area contributed by atoms with E-state index < -0.39 is 0 Å². The lowest BCUT2D eigenvalue weighted by Crippen LogP contribution is -2.36. The van der Waals surface area contributed by atoms with Gasteiger partial charge >= 0.3 is 0 Å². The number of carbonyl (C=O) groups is 1. The maximum Gasteiger partial charge on any atom is 0.236 e. The fourth-order valence-electron chi connectivity index (χ4n) is 2.84. The standard InChI is InChI=1S/C22H25N3O2S/c1-4-13-27-18-11-9-17(10-12-18)14-24(2)16-22(26)25(3)15-21-23-19-7-5-6-8-20(19)28-21/h4-12H,1,13-16H2,2-3H3. The fourth-order valence-corrected chi connectivity index (χ4v) is 3.86. The number of fused-ring (bicyclic) bond motifs is 1. The molecule has 6 heteroatoms. The van der Waals surface area contributed by atoms with E-state index in [0.29, 0.717) is 26.2 Å². The first-order valence-corrected chi connectivity index (χ1v) is 9.96. The van der Waals surface area contributed by atoms with Crippen LogP contribution in [0.4, 0.5) is 0 Å². The molecule has 0 atom stereocenters. The van der Waals surface area contributed by atoms with E-state index in [1.807, 2.05) is 61.5 Å². The van der Waals surface area contributed by atoms with E-state index in [2.05, 4.69) is 17.6 Å². The van der Waals surface area contributed by atoms with Gasteiger partial charge in [-0.2, -0.15) is 0 Å². The third kappa shape index (κ3) is 5.41. The van der Waals surface area contributed by atoms with Gasteiger partial charge in [-0.25, -0.2) is 4.98 Å². The van der Waals surface area contributed by atoms with Gasteiger partial charge in [0.05, 0.1) is 23.3 Å². The summed E-state index contributed by atoms with van der Waals surface area (Å²) >= 11 is 1.63. The van der Waals surface area contributed by atoms with E-state index >= 15 is 0 Å². The molecule has 0 aliphatic heterocycles. The molecule has 5 nitrogen and oxygen atoms in total. The molecule has 0 unspecified atom stereocenters. The van der Waals surface area contributed by atoms with Crippen molar-refractivity contribution in [1.29, 1.82) is 0 Å². The molecule has 0 aliphatic carbocycles. The van der Waals surface area contributed by atoms with Gasteiger partial charge in [0.15, 0.2) is 0 Å². The van der Waals surface area contributed by atoms with Crippen LogP contribution in [0.1, 0.15) is 10.6 Å². The van der Waals surface area contributed by atoms with Crippen LogP contribution in [0, 0.1) is 0 Å². The molecular weight excluding hydrogens is 370 g/mol. The maximum atomic E-state index is 12.6. The summed E-state index contributed by atoms with van der Waals surface area (Å²) in [4.78, 5) is 20.9. The zero-order valence-electron chi connectivity index (χ0n) is 16.3. The van der Waals surface area contributed by atoms with E-state index in [9.17, 15) is 4.79 Å². The maximum absolute atomic E-state index is 12.6. The minimum Gasteiger partial charge on any atom is -0.490 e. The van der Waals surface area contributed by atoms with Crippen LogP contribution in [0.2, 0.25) is 0 Å². The Labute approximate surface area is 169 Å². The number of carbonyl (C=O) groups excluding carboxylic acids is 1. The van der Waals surface area contributed by atoms with Crippen LogP contribution in [0.3, 0.4) is 0 Å². The third-order valence-electron chi connectivity index (χ3n) is 4.29.